The SMILES string of the molecule is CC(SC(C)(C)[C@H](N)C(=O)O)C(=O)N1CCCC1. The zero-order chi connectivity index (χ0) is 13.9. The van der Waals surface area contributed by atoms with Crippen molar-refractivity contribution in [2.24, 2.45) is 5.73 Å². The van der Waals surface area contributed by atoms with Gasteiger partial charge in [0.05, 0.1) is 5.25 Å². The van der Waals surface area contributed by atoms with E-state index >= 15 is 0 Å². The molecular formula is C12H22N2O3S. The van der Waals surface area contributed by atoms with Crippen molar-refractivity contribution < 1.29 is 14.7 Å². The van der Waals surface area contributed by atoms with Crippen LogP contribution >= 0.6 is 11.8 Å². The normalized spacial score (nSPS) is 19.7. The lowest BCUT2D eigenvalue weighted by Crippen LogP contribution is -2.48. The zero-order valence-electron chi connectivity index (χ0n) is 11.2. The van der Waals surface area contributed by atoms with Crippen LogP contribution in [0.4, 0.5) is 0 Å². The van der Waals surface area contributed by atoms with Crippen LogP contribution in [0.2, 0.25) is 0 Å². The van der Waals surface area contributed by atoms with Gasteiger partial charge in [-0.05, 0) is 33.6 Å². The van der Waals surface area contributed by atoms with Crippen molar-refractivity contribution in [3.8, 4) is 0 Å². The summed E-state index contributed by atoms with van der Waals surface area (Å²) in [5, 5.41) is 8.69. The molecule has 1 saturated heterocycles. The molecule has 1 amide bonds. The van der Waals surface area contributed by atoms with E-state index in [2.05, 4.69) is 0 Å². The van der Waals surface area contributed by atoms with Gasteiger partial charge in [0.15, 0.2) is 0 Å². The van der Waals surface area contributed by atoms with Gasteiger partial charge in [-0.2, -0.15) is 0 Å². The maximum Gasteiger partial charge on any atom is 0.321 e. The molecule has 3 N–H and O–H groups in total. The van der Waals surface area contributed by atoms with Gasteiger partial charge in [-0.15, -0.1) is 11.8 Å². The molecule has 18 heavy (non-hydrogen) atoms. The molecule has 0 aromatic carbocycles. The Morgan fingerprint density at radius 3 is 2.28 bits per heavy atom. The predicted octanol–water partition coefficient (Wildman–Crippen LogP) is 0.921. The minimum atomic E-state index is -1.03. The van der Waals surface area contributed by atoms with Crippen molar-refractivity contribution in [3.05, 3.63) is 0 Å². The molecule has 1 unspecified atom stereocenters. The van der Waals surface area contributed by atoms with Crippen molar-refractivity contribution >= 4 is 23.6 Å². The Morgan fingerprint density at radius 1 is 1.33 bits per heavy atom. The molecule has 0 aromatic rings. The molecule has 104 valence electrons. The van der Waals surface area contributed by atoms with E-state index in [1.807, 2.05) is 11.8 Å². The van der Waals surface area contributed by atoms with Gasteiger partial charge in [0.25, 0.3) is 0 Å². The number of carbonyl (C=O) groups is 2. The van der Waals surface area contributed by atoms with Crippen LogP contribution in [0.5, 0.6) is 0 Å². The molecule has 1 aliphatic heterocycles. The quantitative estimate of drug-likeness (QED) is 0.779. The lowest BCUT2D eigenvalue weighted by Gasteiger charge is -2.31. The number of rotatable bonds is 5. The Morgan fingerprint density at radius 2 is 1.83 bits per heavy atom. The number of nitrogens with zero attached hydrogens (tertiary/aromatic N) is 1. The Kier molecular flexibility index (Phi) is 5.04. The zero-order valence-corrected chi connectivity index (χ0v) is 12.0. The van der Waals surface area contributed by atoms with Crippen molar-refractivity contribution in [1.29, 1.82) is 0 Å². The van der Waals surface area contributed by atoms with Gasteiger partial charge in [-0.25, -0.2) is 0 Å². The van der Waals surface area contributed by atoms with Gasteiger partial charge < -0.3 is 15.7 Å². The molecule has 5 nitrogen and oxygen atoms in total. The van der Waals surface area contributed by atoms with Crippen LogP contribution < -0.4 is 5.73 Å². The van der Waals surface area contributed by atoms with Crippen LogP contribution in [0.1, 0.15) is 33.6 Å². The van der Waals surface area contributed by atoms with Crippen molar-refractivity contribution in [1.82, 2.24) is 4.90 Å². The molecule has 0 spiro atoms. The maximum atomic E-state index is 12.1. The molecule has 2 atom stereocenters. The smallest absolute Gasteiger partial charge is 0.321 e. The number of likely N-dealkylation sites (tertiary alicyclic amines) is 1. The monoisotopic (exact) mass is 274 g/mol. The summed E-state index contributed by atoms with van der Waals surface area (Å²) in [6.45, 7) is 6.99. The molecule has 0 bridgehead atoms. The molecule has 0 aliphatic carbocycles. The standard InChI is InChI=1S/C12H22N2O3S/c1-8(10(15)14-6-4-5-7-14)18-12(2,3)9(13)11(16)17/h8-9H,4-7,13H2,1-3H3,(H,16,17)/t8?,9-/m1/s1. The molecule has 1 fully saturated rings. The topological polar surface area (TPSA) is 83.6 Å². The first kappa shape index (κ1) is 15.3. The minimum Gasteiger partial charge on any atom is -0.480 e. The van der Waals surface area contributed by atoms with E-state index in [4.69, 9.17) is 10.8 Å². The van der Waals surface area contributed by atoms with E-state index in [0.29, 0.717) is 0 Å². The van der Waals surface area contributed by atoms with Gasteiger partial charge in [-0.1, -0.05) is 0 Å². The second-order valence-electron chi connectivity index (χ2n) is 5.21. The fraction of sp³-hybridized carbons (Fsp3) is 0.833. The van der Waals surface area contributed by atoms with Gasteiger partial charge >= 0.3 is 5.97 Å². The van der Waals surface area contributed by atoms with E-state index in [1.165, 1.54) is 11.8 Å². The second-order valence-corrected chi connectivity index (χ2v) is 7.21. The minimum absolute atomic E-state index is 0.0863. The summed E-state index contributed by atoms with van der Waals surface area (Å²) >= 11 is 1.34. The summed E-state index contributed by atoms with van der Waals surface area (Å²) in [5.74, 6) is -0.948. The van der Waals surface area contributed by atoms with Gasteiger partial charge in [0.1, 0.15) is 6.04 Å². The highest BCUT2D eigenvalue weighted by atomic mass is 32.2. The summed E-state index contributed by atoms with van der Waals surface area (Å²) in [4.78, 5) is 24.9. The van der Waals surface area contributed by atoms with Crippen LogP contribution in [-0.4, -0.2) is 51.0 Å². The second kappa shape index (κ2) is 5.93. The molecular weight excluding hydrogens is 252 g/mol. The highest BCUT2D eigenvalue weighted by molar-refractivity contribution is 8.02. The summed E-state index contributed by atoms with van der Waals surface area (Å²) in [6, 6.07) is -0.976. The van der Waals surface area contributed by atoms with Crippen molar-refractivity contribution in [3.63, 3.8) is 0 Å². The Balaban J connectivity index is 2.59. The first-order valence-electron chi connectivity index (χ1n) is 6.20. The third-order valence-electron chi connectivity index (χ3n) is 3.26. The van der Waals surface area contributed by atoms with Crippen LogP contribution in [0, 0.1) is 0 Å². The predicted molar refractivity (Wildman–Crippen MR) is 72.6 cm³/mol. The van der Waals surface area contributed by atoms with Crippen molar-refractivity contribution in [2.75, 3.05) is 13.1 Å². The summed E-state index contributed by atoms with van der Waals surface area (Å²) in [5.41, 5.74) is 5.65. The van der Waals surface area contributed by atoms with Gasteiger partial charge in [-0.3, -0.25) is 9.59 Å². The van der Waals surface area contributed by atoms with E-state index in [9.17, 15) is 9.59 Å². The Labute approximate surface area is 112 Å². The third kappa shape index (κ3) is 3.62. The number of carbonyl (C=O) groups excluding carboxylic acids is 1. The number of thioether (sulfide) groups is 1. The van der Waals surface area contributed by atoms with E-state index in [0.717, 1.165) is 25.9 Å². The molecule has 0 radical (unpaired) electrons. The van der Waals surface area contributed by atoms with E-state index in [1.54, 1.807) is 13.8 Å². The van der Waals surface area contributed by atoms with Gasteiger partial charge in [0, 0.05) is 17.8 Å². The number of carboxylic acids is 1. The lowest BCUT2D eigenvalue weighted by atomic mass is 10.1. The lowest BCUT2D eigenvalue weighted by molar-refractivity contribution is -0.139. The summed E-state index contributed by atoms with van der Waals surface area (Å²) in [6.07, 6.45) is 2.11. The molecule has 0 aromatic heterocycles. The average Bonchev–Trinajstić information content (AvgIpc) is 2.79. The molecule has 6 heteroatoms. The fourth-order valence-corrected chi connectivity index (χ4v) is 3.48. The van der Waals surface area contributed by atoms with Crippen LogP contribution in [0.25, 0.3) is 0 Å². The Hall–Kier alpha value is -0.750. The fourth-order valence-electron chi connectivity index (χ4n) is 2.07. The highest BCUT2D eigenvalue weighted by Gasteiger charge is 2.36. The first-order valence-corrected chi connectivity index (χ1v) is 7.08. The number of carboxylic acid groups (broad SMARTS) is 1. The van der Waals surface area contributed by atoms with E-state index in [-0.39, 0.29) is 11.2 Å². The van der Waals surface area contributed by atoms with Crippen LogP contribution in [0.15, 0.2) is 0 Å². The average molecular weight is 274 g/mol. The van der Waals surface area contributed by atoms with E-state index < -0.39 is 16.8 Å². The first-order chi connectivity index (χ1) is 8.25. The number of nitrogens with two attached hydrogens (primary N) is 1. The number of hydrogen-bond acceptors (Lipinski definition) is 4. The van der Waals surface area contributed by atoms with Crippen molar-refractivity contribution in [2.45, 2.75) is 49.7 Å². The van der Waals surface area contributed by atoms with Crippen LogP contribution in [-0.2, 0) is 9.59 Å². The van der Waals surface area contributed by atoms with Crippen LogP contribution in [0.3, 0.4) is 0 Å². The molecule has 0 saturated carbocycles. The summed E-state index contributed by atoms with van der Waals surface area (Å²) in [7, 11) is 0. The van der Waals surface area contributed by atoms with Gasteiger partial charge in [0.2, 0.25) is 5.91 Å². The number of hydrogen-bond donors (Lipinski definition) is 2. The molecule has 1 heterocycles. The molecule has 1 aliphatic rings. The maximum absolute atomic E-state index is 12.1. The largest absolute Gasteiger partial charge is 0.480 e. The Bertz CT molecular complexity index is 327. The highest BCUT2D eigenvalue weighted by Crippen LogP contribution is 2.32. The molecule has 1 rings (SSSR count). The summed E-state index contributed by atoms with van der Waals surface area (Å²) < 4.78 is -0.666. The third-order valence-corrected chi connectivity index (χ3v) is 4.68. The number of amides is 1. The number of aliphatic carboxylic acids is 1.